The lowest BCUT2D eigenvalue weighted by Crippen LogP contribution is -2.34. The molecule has 0 unspecified atom stereocenters. The summed E-state index contributed by atoms with van der Waals surface area (Å²) in [4.78, 5) is 20.2. The van der Waals surface area contributed by atoms with Gasteiger partial charge in [0.25, 0.3) is 0 Å². The van der Waals surface area contributed by atoms with Crippen LogP contribution in [0.2, 0.25) is 0 Å². The average Bonchev–Trinajstić information content (AvgIpc) is 2.63. The monoisotopic (exact) mass is 227 g/mol. The van der Waals surface area contributed by atoms with Gasteiger partial charge in [-0.15, -0.1) is 0 Å². The van der Waals surface area contributed by atoms with Gasteiger partial charge in [0.2, 0.25) is 5.91 Å². The van der Waals surface area contributed by atoms with Crippen LogP contribution >= 0.6 is 0 Å². The molecule has 1 fully saturated rings. The summed E-state index contributed by atoms with van der Waals surface area (Å²) in [6.45, 7) is 7.77. The van der Waals surface area contributed by atoms with E-state index in [-0.39, 0.29) is 11.7 Å². The molecule has 1 rings (SSSR count). The summed E-state index contributed by atoms with van der Waals surface area (Å²) in [7, 11) is 0. The van der Waals surface area contributed by atoms with Crippen LogP contribution in [-0.2, 0) is 9.59 Å². The number of amides is 1. The standard InChI is InChI=1S/C10H19NO.C3H6O/c1-3-10(6-4-5-7-10)8-11-9(2)12;1-3(2)4/h3-8H2,1-2H3,(H,11,12);1-2H3. The lowest BCUT2D eigenvalue weighted by Gasteiger charge is -2.27. The van der Waals surface area contributed by atoms with Crippen molar-refractivity contribution in [2.24, 2.45) is 5.41 Å². The van der Waals surface area contributed by atoms with E-state index < -0.39 is 0 Å². The quantitative estimate of drug-likeness (QED) is 0.805. The fourth-order valence-electron chi connectivity index (χ4n) is 2.09. The molecule has 3 nitrogen and oxygen atoms in total. The highest BCUT2D eigenvalue weighted by molar-refractivity contribution is 5.72. The van der Waals surface area contributed by atoms with Crippen molar-refractivity contribution >= 4 is 11.7 Å². The number of ketones is 1. The first kappa shape index (κ1) is 15.1. The number of Topliss-reactive ketones (excluding diaryl/α,β-unsaturated/α-hetero) is 1. The van der Waals surface area contributed by atoms with Gasteiger partial charge in [-0.25, -0.2) is 0 Å². The van der Waals surface area contributed by atoms with E-state index in [1.54, 1.807) is 6.92 Å². The van der Waals surface area contributed by atoms with Gasteiger partial charge in [0, 0.05) is 13.5 Å². The molecule has 0 radical (unpaired) electrons. The third-order valence-corrected chi connectivity index (χ3v) is 3.13. The Morgan fingerprint density at radius 2 is 1.56 bits per heavy atom. The zero-order chi connectivity index (χ0) is 12.6. The van der Waals surface area contributed by atoms with Crippen molar-refractivity contribution in [3.05, 3.63) is 0 Å². The molecule has 0 aromatic carbocycles. The highest BCUT2D eigenvalue weighted by Crippen LogP contribution is 2.40. The molecule has 0 atom stereocenters. The molecule has 0 bridgehead atoms. The molecule has 16 heavy (non-hydrogen) atoms. The van der Waals surface area contributed by atoms with Crippen molar-refractivity contribution in [3.8, 4) is 0 Å². The van der Waals surface area contributed by atoms with Crippen LogP contribution in [0.15, 0.2) is 0 Å². The molecule has 0 saturated heterocycles. The molecule has 0 aliphatic heterocycles. The molecular weight excluding hydrogens is 202 g/mol. The van der Waals surface area contributed by atoms with Crippen LogP contribution in [0.25, 0.3) is 0 Å². The molecule has 0 aromatic rings. The van der Waals surface area contributed by atoms with Gasteiger partial charge in [-0.2, -0.15) is 0 Å². The maximum absolute atomic E-state index is 10.7. The predicted molar refractivity (Wildman–Crippen MR) is 66.2 cm³/mol. The first-order chi connectivity index (χ1) is 7.42. The number of nitrogens with one attached hydrogen (secondary N) is 1. The fourth-order valence-corrected chi connectivity index (χ4v) is 2.09. The normalized spacial score (nSPS) is 17.2. The molecule has 0 heterocycles. The molecule has 0 aromatic heterocycles. The Balaban J connectivity index is 0.000000487. The first-order valence-corrected chi connectivity index (χ1v) is 6.13. The number of hydrogen-bond acceptors (Lipinski definition) is 2. The van der Waals surface area contributed by atoms with E-state index >= 15 is 0 Å². The van der Waals surface area contributed by atoms with Gasteiger partial charge < -0.3 is 10.1 Å². The second-order valence-corrected chi connectivity index (χ2v) is 4.88. The van der Waals surface area contributed by atoms with E-state index in [1.807, 2.05) is 0 Å². The Labute approximate surface area is 99.0 Å². The highest BCUT2D eigenvalue weighted by atomic mass is 16.1. The van der Waals surface area contributed by atoms with Crippen molar-refractivity contribution in [1.29, 1.82) is 0 Å². The number of hydrogen-bond donors (Lipinski definition) is 1. The molecule has 1 aliphatic carbocycles. The zero-order valence-corrected chi connectivity index (χ0v) is 11.1. The summed E-state index contributed by atoms with van der Waals surface area (Å²) in [6, 6.07) is 0. The van der Waals surface area contributed by atoms with E-state index in [4.69, 9.17) is 0 Å². The van der Waals surface area contributed by atoms with Crippen molar-refractivity contribution in [1.82, 2.24) is 5.32 Å². The fraction of sp³-hybridized carbons (Fsp3) is 0.846. The maximum atomic E-state index is 10.7. The lowest BCUT2D eigenvalue weighted by molar-refractivity contribution is -0.119. The number of rotatable bonds is 3. The third kappa shape index (κ3) is 6.59. The summed E-state index contributed by atoms with van der Waals surface area (Å²) in [5.74, 6) is 0.273. The molecule has 1 amide bonds. The van der Waals surface area contributed by atoms with Gasteiger partial charge in [-0.1, -0.05) is 19.8 Å². The molecule has 3 heteroatoms. The largest absolute Gasteiger partial charge is 0.356 e. The second kappa shape index (κ2) is 7.42. The highest BCUT2D eigenvalue weighted by Gasteiger charge is 2.31. The van der Waals surface area contributed by atoms with Crippen LogP contribution in [-0.4, -0.2) is 18.2 Å². The minimum atomic E-state index is 0.106. The van der Waals surface area contributed by atoms with Crippen molar-refractivity contribution in [3.63, 3.8) is 0 Å². The van der Waals surface area contributed by atoms with Gasteiger partial charge in [-0.3, -0.25) is 4.79 Å². The van der Waals surface area contributed by atoms with Crippen LogP contribution in [0.3, 0.4) is 0 Å². The van der Waals surface area contributed by atoms with Gasteiger partial charge in [0.15, 0.2) is 0 Å². The van der Waals surface area contributed by atoms with Crippen LogP contribution in [0, 0.1) is 5.41 Å². The van der Waals surface area contributed by atoms with Crippen LogP contribution in [0.4, 0.5) is 0 Å². The summed E-state index contributed by atoms with van der Waals surface area (Å²) in [5.41, 5.74) is 0.436. The van der Waals surface area contributed by atoms with E-state index in [2.05, 4.69) is 12.2 Å². The molecule has 1 N–H and O–H groups in total. The van der Waals surface area contributed by atoms with Gasteiger partial charge in [0.1, 0.15) is 5.78 Å². The number of carbonyl (C=O) groups excluding carboxylic acids is 2. The van der Waals surface area contributed by atoms with Gasteiger partial charge >= 0.3 is 0 Å². The first-order valence-electron chi connectivity index (χ1n) is 6.13. The molecular formula is C13H25NO2. The SMILES string of the molecule is CC(C)=O.CCC1(CNC(C)=O)CCCC1. The van der Waals surface area contributed by atoms with Crippen LogP contribution in [0.1, 0.15) is 59.8 Å². The minimum absolute atomic E-state index is 0.106. The maximum Gasteiger partial charge on any atom is 0.216 e. The lowest BCUT2D eigenvalue weighted by atomic mass is 9.83. The van der Waals surface area contributed by atoms with E-state index in [0.29, 0.717) is 5.41 Å². The number of carbonyl (C=O) groups is 2. The predicted octanol–water partition coefficient (Wildman–Crippen LogP) is 2.69. The van der Waals surface area contributed by atoms with Gasteiger partial charge in [0.05, 0.1) is 0 Å². The van der Waals surface area contributed by atoms with Crippen LogP contribution < -0.4 is 5.32 Å². The Morgan fingerprint density at radius 3 is 1.88 bits per heavy atom. The Hall–Kier alpha value is -0.860. The Bertz CT molecular complexity index is 226. The van der Waals surface area contributed by atoms with Crippen molar-refractivity contribution in [2.75, 3.05) is 6.54 Å². The molecule has 1 saturated carbocycles. The average molecular weight is 227 g/mol. The van der Waals surface area contributed by atoms with Crippen molar-refractivity contribution < 1.29 is 9.59 Å². The minimum Gasteiger partial charge on any atom is -0.356 e. The van der Waals surface area contributed by atoms with Crippen molar-refractivity contribution in [2.45, 2.75) is 59.8 Å². The Morgan fingerprint density at radius 1 is 1.12 bits per heavy atom. The summed E-state index contributed by atoms with van der Waals surface area (Å²) < 4.78 is 0. The smallest absolute Gasteiger partial charge is 0.216 e. The zero-order valence-electron chi connectivity index (χ0n) is 11.1. The summed E-state index contributed by atoms with van der Waals surface area (Å²) >= 11 is 0. The van der Waals surface area contributed by atoms with Crippen LogP contribution in [0.5, 0.6) is 0 Å². The summed E-state index contributed by atoms with van der Waals surface area (Å²) in [5, 5.41) is 2.94. The second-order valence-electron chi connectivity index (χ2n) is 4.88. The van der Waals surface area contributed by atoms with Gasteiger partial charge in [-0.05, 0) is 38.5 Å². The third-order valence-electron chi connectivity index (χ3n) is 3.13. The topological polar surface area (TPSA) is 46.2 Å². The van der Waals surface area contributed by atoms with E-state index in [9.17, 15) is 9.59 Å². The molecule has 1 aliphatic rings. The molecule has 0 spiro atoms. The summed E-state index contributed by atoms with van der Waals surface area (Å²) in [6.07, 6.45) is 6.47. The Kier molecular flexibility index (Phi) is 7.02. The molecule has 94 valence electrons. The van der Waals surface area contributed by atoms with E-state index in [1.165, 1.54) is 46.0 Å². The van der Waals surface area contributed by atoms with E-state index in [0.717, 1.165) is 6.54 Å².